The fourth-order valence-electron chi connectivity index (χ4n) is 1.11. The number of ketones is 1. The SMILES string of the molecule is CC(=O)CNC(=O)C1CCCO1. The average molecular weight is 171 g/mol. The second-order valence-electron chi connectivity index (χ2n) is 2.92. The maximum Gasteiger partial charge on any atom is 0.249 e. The fourth-order valence-corrected chi connectivity index (χ4v) is 1.11. The van der Waals surface area contributed by atoms with E-state index < -0.39 is 0 Å². The van der Waals surface area contributed by atoms with Crippen LogP contribution in [0.25, 0.3) is 0 Å². The molecule has 0 aromatic rings. The molecule has 1 aliphatic rings. The van der Waals surface area contributed by atoms with Gasteiger partial charge in [-0.1, -0.05) is 0 Å². The predicted octanol–water partition coefficient (Wildman–Crippen LogP) is -0.129. The third-order valence-corrected chi connectivity index (χ3v) is 1.73. The molecule has 0 saturated carbocycles. The molecule has 1 heterocycles. The van der Waals surface area contributed by atoms with Crippen LogP contribution in [0, 0.1) is 0 Å². The van der Waals surface area contributed by atoms with Gasteiger partial charge in [-0.25, -0.2) is 0 Å². The van der Waals surface area contributed by atoms with Gasteiger partial charge in [0.1, 0.15) is 11.9 Å². The van der Waals surface area contributed by atoms with E-state index >= 15 is 0 Å². The van der Waals surface area contributed by atoms with Gasteiger partial charge in [-0.05, 0) is 19.8 Å². The lowest BCUT2D eigenvalue weighted by Crippen LogP contribution is -2.36. The summed E-state index contributed by atoms with van der Waals surface area (Å²) in [5.74, 6) is -0.205. The zero-order valence-corrected chi connectivity index (χ0v) is 7.13. The monoisotopic (exact) mass is 171 g/mol. The number of Topliss-reactive ketones (excluding diaryl/α,β-unsaturated/α-hetero) is 1. The Bertz CT molecular complexity index is 185. The Hall–Kier alpha value is -0.900. The van der Waals surface area contributed by atoms with E-state index in [2.05, 4.69) is 5.32 Å². The minimum atomic E-state index is -0.329. The summed E-state index contributed by atoms with van der Waals surface area (Å²) in [7, 11) is 0. The number of amides is 1. The van der Waals surface area contributed by atoms with Gasteiger partial charge in [0.25, 0.3) is 0 Å². The van der Waals surface area contributed by atoms with Crippen molar-refractivity contribution in [1.82, 2.24) is 5.32 Å². The van der Waals surface area contributed by atoms with E-state index in [4.69, 9.17) is 4.74 Å². The number of ether oxygens (including phenoxy) is 1. The van der Waals surface area contributed by atoms with E-state index in [1.165, 1.54) is 6.92 Å². The molecule has 1 atom stereocenters. The van der Waals surface area contributed by atoms with Crippen molar-refractivity contribution < 1.29 is 14.3 Å². The van der Waals surface area contributed by atoms with Crippen molar-refractivity contribution in [2.75, 3.05) is 13.2 Å². The first-order chi connectivity index (χ1) is 5.70. The third-order valence-electron chi connectivity index (χ3n) is 1.73. The van der Waals surface area contributed by atoms with Crippen LogP contribution in [0.15, 0.2) is 0 Å². The van der Waals surface area contributed by atoms with Crippen LogP contribution in [-0.4, -0.2) is 30.9 Å². The van der Waals surface area contributed by atoms with Gasteiger partial charge in [-0.15, -0.1) is 0 Å². The molecular formula is C8H13NO3. The highest BCUT2D eigenvalue weighted by Crippen LogP contribution is 2.11. The van der Waals surface area contributed by atoms with Gasteiger partial charge >= 0.3 is 0 Å². The molecule has 1 N–H and O–H groups in total. The summed E-state index contributed by atoms with van der Waals surface area (Å²) in [6.45, 7) is 2.20. The van der Waals surface area contributed by atoms with E-state index in [-0.39, 0.29) is 24.3 Å². The number of rotatable bonds is 3. The summed E-state index contributed by atoms with van der Waals surface area (Å²) in [6, 6.07) is 0. The summed E-state index contributed by atoms with van der Waals surface area (Å²) >= 11 is 0. The van der Waals surface area contributed by atoms with Gasteiger partial charge in [0.05, 0.1) is 6.54 Å². The molecule has 0 aliphatic carbocycles. The van der Waals surface area contributed by atoms with Gasteiger partial charge in [-0.2, -0.15) is 0 Å². The van der Waals surface area contributed by atoms with Crippen LogP contribution in [0.2, 0.25) is 0 Å². The summed E-state index contributed by atoms with van der Waals surface area (Å²) in [4.78, 5) is 21.7. The number of hydrogen-bond acceptors (Lipinski definition) is 3. The molecular weight excluding hydrogens is 158 g/mol. The molecule has 1 unspecified atom stereocenters. The van der Waals surface area contributed by atoms with Gasteiger partial charge in [-0.3, -0.25) is 9.59 Å². The van der Waals surface area contributed by atoms with Crippen LogP contribution < -0.4 is 5.32 Å². The molecule has 4 heteroatoms. The summed E-state index contributed by atoms with van der Waals surface area (Å²) in [6.07, 6.45) is 1.37. The highest BCUT2D eigenvalue weighted by molar-refractivity contribution is 5.86. The first kappa shape index (κ1) is 9.19. The van der Waals surface area contributed by atoms with E-state index in [9.17, 15) is 9.59 Å². The van der Waals surface area contributed by atoms with E-state index in [0.29, 0.717) is 6.61 Å². The molecule has 1 aliphatic heterocycles. The molecule has 68 valence electrons. The number of nitrogens with one attached hydrogen (secondary N) is 1. The largest absolute Gasteiger partial charge is 0.368 e. The van der Waals surface area contributed by atoms with Crippen LogP contribution in [0.5, 0.6) is 0 Å². The minimum absolute atomic E-state index is 0.0404. The minimum Gasteiger partial charge on any atom is -0.368 e. The van der Waals surface area contributed by atoms with Crippen molar-refractivity contribution in [2.24, 2.45) is 0 Å². The molecule has 0 aromatic carbocycles. The Kier molecular flexibility index (Phi) is 3.22. The van der Waals surface area contributed by atoms with E-state index in [1.54, 1.807) is 0 Å². The van der Waals surface area contributed by atoms with Crippen molar-refractivity contribution in [3.63, 3.8) is 0 Å². The molecule has 0 aromatic heterocycles. The number of hydrogen-bond donors (Lipinski definition) is 1. The van der Waals surface area contributed by atoms with Crippen molar-refractivity contribution in [3.8, 4) is 0 Å². The smallest absolute Gasteiger partial charge is 0.249 e. The van der Waals surface area contributed by atoms with E-state index in [1.807, 2.05) is 0 Å². The zero-order chi connectivity index (χ0) is 8.97. The van der Waals surface area contributed by atoms with Crippen LogP contribution in [-0.2, 0) is 14.3 Å². The lowest BCUT2D eigenvalue weighted by molar-refractivity contribution is -0.131. The molecule has 12 heavy (non-hydrogen) atoms. The van der Waals surface area contributed by atoms with Crippen LogP contribution in [0.1, 0.15) is 19.8 Å². The number of carbonyl (C=O) groups excluding carboxylic acids is 2. The molecule has 1 amide bonds. The first-order valence-corrected chi connectivity index (χ1v) is 4.09. The Balaban J connectivity index is 2.23. The highest BCUT2D eigenvalue weighted by atomic mass is 16.5. The van der Waals surface area contributed by atoms with Gasteiger partial charge < -0.3 is 10.1 Å². The molecule has 0 bridgehead atoms. The van der Waals surface area contributed by atoms with Crippen LogP contribution in [0.3, 0.4) is 0 Å². The maximum atomic E-state index is 11.2. The maximum absolute atomic E-state index is 11.2. The van der Waals surface area contributed by atoms with Gasteiger partial charge in [0, 0.05) is 6.61 Å². The average Bonchev–Trinajstić information content (AvgIpc) is 2.51. The molecule has 1 fully saturated rings. The fraction of sp³-hybridized carbons (Fsp3) is 0.750. The number of carbonyl (C=O) groups is 2. The summed E-state index contributed by atoms with van der Waals surface area (Å²) in [5, 5.41) is 2.51. The zero-order valence-electron chi connectivity index (χ0n) is 7.13. The quantitative estimate of drug-likeness (QED) is 0.643. The van der Waals surface area contributed by atoms with Gasteiger partial charge in [0.15, 0.2) is 0 Å². The van der Waals surface area contributed by atoms with Crippen molar-refractivity contribution in [1.29, 1.82) is 0 Å². The van der Waals surface area contributed by atoms with Gasteiger partial charge in [0.2, 0.25) is 5.91 Å². The second kappa shape index (κ2) is 4.21. The topological polar surface area (TPSA) is 55.4 Å². The van der Waals surface area contributed by atoms with Crippen molar-refractivity contribution >= 4 is 11.7 Å². The Morgan fingerprint density at radius 2 is 2.33 bits per heavy atom. The standard InChI is InChI=1S/C8H13NO3/c1-6(10)5-9-8(11)7-3-2-4-12-7/h7H,2-5H2,1H3,(H,9,11). The molecule has 4 nitrogen and oxygen atoms in total. The molecule has 1 rings (SSSR count). The second-order valence-corrected chi connectivity index (χ2v) is 2.92. The normalized spacial score (nSPS) is 22.2. The molecule has 1 saturated heterocycles. The van der Waals surface area contributed by atoms with E-state index in [0.717, 1.165) is 12.8 Å². The Morgan fingerprint density at radius 3 is 2.83 bits per heavy atom. The molecule has 0 spiro atoms. The summed E-state index contributed by atoms with van der Waals surface area (Å²) in [5.41, 5.74) is 0. The highest BCUT2D eigenvalue weighted by Gasteiger charge is 2.22. The molecule has 0 radical (unpaired) electrons. The van der Waals surface area contributed by atoms with Crippen molar-refractivity contribution in [2.45, 2.75) is 25.9 Å². The first-order valence-electron chi connectivity index (χ1n) is 4.09. The third kappa shape index (κ3) is 2.62. The Labute approximate surface area is 71.3 Å². The predicted molar refractivity (Wildman–Crippen MR) is 42.7 cm³/mol. The van der Waals surface area contributed by atoms with Crippen molar-refractivity contribution in [3.05, 3.63) is 0 Å². The van der Waals surface area contributed by atoms with Crippen LogP contribution >= 0.6 is 0 Å². The summed E-state index contributed by atoms with van der Waals surface area (Å²) < 4.78 is 5.12. The lowest BCUT2D eigenvalue weighted by atomic mass is 10.2. The van der Waals surface area contributed by atoms with Crippen LogP contribution in [0.4, 0.5) is 0 Å². The lowest BCUT2D eigenvalue weighted by Gasteiger charge is -2.08. The Morgan fingerprint density at radius 1 is 1.58 bits per heavy atom.